The monoisotopic (exact) mass is 235 g/mol. The number of rotatable bonds is 6. The first-order valence-corrected chi connectivity index (χ1v) is 6.23. The summed E-state index contributed by atoms with van der Waals surface area (Å²) in [5, 5.41) is 0. The quantitative estimate of drug-likeness (QED) is 0.554. The molecule has 0 aliphatic carbocycles. The molecule has 0 saturated heterocycles. The summed E-state index contributed by atoms with van der Waals surface area (Å²) in [6, 6.07) is 0. The van der Waals surface area contributed by atoms with Gasteiger partial charge in [-0.1, -0.05) is 26.8 Å². The average molecular weight is 235 g/mol. The van der Waals surface area contributed by atoms with Gasteiger partial charge in [-0.2, -0.15) is 0 Å². The predicted octanol–water partition coefficient (Wildman–Crippen LogP) is 3.68. The van der Waals surface area contributed by atoms with Gasteiger partial charge in [-0.05, 0) is 38.2 Å². The fraction of sp³-hybridized carbons (Fsp3) is 0.571. The summed E-state index contributed by atoms with van der Waals surface area (Å²) in [7, 11) is 0. The normalized spacial score (nSPS) is 14.5. The average Bonchev–Trinajstić information content (AvgIpc) is 2.28. The highest BCUT2D eigenvalue weighted by molar-refractivity contribution is 5.98. The third kappa shape index (κ3) is 6.72. The fourth-order valence-corrected chi connectivity index (χ4v) is 1.06. The van der Waals surface area contributed by atoms with Gasteiger partial charge in [-0.25, -0.2) is 4.99 Å². The van der Waals surface area contributed by atoms with Crippen molar-refractivity contribution in [1.82, 2.24) is 0 Å². The molecule has 0 spiro atoms. The van der Waals surface area contributed by atoms with Gasteiger partial charge in [-0.3, -0.25) is 4.99 Å². The van der Waals surface area contributed by atoms with E-state index in [1.165, 1.54) is 0 Å². The second-order valence-corrected chi connectivity index (χ2v) is 4.32. The zero-order chi connectivity index (χ0) is 13.3. The molecule has 0 aromatic carbocycles. The molecule has 17 heavy (non-hydrogen) atoms. The molecule has 1 atom stereocenters. The molecule has 96 valence electrons. The predicted molar refractivity (Wildman–Crippen MR) is 77.4 cm³/mol. The van der Waals surface area contributed by atoms with Crippen LogP contribution in [0, 0.1) is 5.92 Å². The maximum Gasteiger partial charge on any atom is 0.149 e. The molecule has 3 nitrogen and oxygen atoms in total. The van der Waals surface area contributed by atoms with Crippen molar-refractivity contribution in [3.63, 3.8) is 0 Å². The number of hydrogen-bond acceptors (Lipinski definition) is 2. The molecule has 2 N–H and O–H groups in total. The van der Waals surface area contributed by atoms with Crippen LogP contribution >= 0.6 is 0 Å². The van der Waals surface area contributed by atoms with Crippen molar-refractivity contribution in [2.45, 2.75) is 47.5 Å². The van der Waals surface area contributed by atoms with E-state index in [9.17, 15) is 0 Å². The highest BCUT2D eigenvalue weighted by atomic mass is 14.9. The Hall–Kier alpha value is -1.38. The summed E-state index contributed by atoms with van der Waals surface area (Å²) in [5.74, 6) is 0.942. The first-order valence-electron chi connectivity index (χ1n) is 6.23. The van der Waals surface area contributed by atoms with E-state index in [4.69, 9.17) is 5.73 Å². The summed E-state index contributed by atoms with van der Waals surface area (Å²) in [4.78, 5) is 8.62. The van der Waals surface area contributed by atoms with Crippen LogP contribution in [0.2, 0.25) is 0 Å². The summed E-state index contributed by atoms with van der Waals surface area (Å²) in [6.45, 7) is 10.3. The number of aliphatic imine (C=N–C) groups is 2. The number of amidine groups is 1. The number of nitrogens with zero attached hydrogens (tertiary/aromatic N) is 2. The van der Waals surface area contributed by atoms with Gasteiger partial charge < -0.3 is 5.73 Å². The second kappa shape index (κ2) is 8.74. The number of hydrogen-bond donors (Lipinski definition) is 1. The Morgan fingerprint density at radius 1 is 1.29 bits per heavy atom. The summed E-state index contributed by atoms with van der Waals surface area (Å²) in [6.07, 6.45) is 7.67. The van der Waals surface area contributed by atoms with Crippen molar-refractivity contribution in [3.8, 4) is 0 Å². The molecule has 0 aliphatic heterocycles. The molecule has 0 amide bonds. The summed E-state index contributed by atoms with van der Waals surface area (Å²) in [5.41, 5.74) is 7.78. The van der Waals surface area contributed by atoms with Gasteiger partial charge in [0.05, 0.1) is 0 Å². The van der Waals surface area contributed by atoms with E-state index in [1.807, 2.05) is 26.1 Å². The molecular weight excluding hydrogens is 210 g/mol. The zero-order valence-corrected chi connectivity index (χ0v) is 11.7. The molecule has 0 saturated carbocycles. The lowest BCUT2D eigenvalue weighted by molar-refractivity contribution is 0.754. The van der Waals surface area contributed by atoms with Crippen LogP contribution in [0.15, 0.2) is 33.5 Å². The maximum absolute atomic E-state index is 5.91. The van der Waals surface area contributed by atoms with Crippen molar-refractivity contribution >= 4 is 12.1 Å². The van der Waals surface area contributed by atoms with E-state index in [-0.39, 0.29) is 0 Å². The molecular formula is C14H25N3. The Balaban J connectivity index is 4.90. The van der Waals surface area contributed by atoms with E-state index >= 15 is 0 Å². The van der Waals surface area contributed by atoms with Gasteiger partial charge in [-0.15, -0.1) is 0 Å². The van der Waals surface area contributed by atoms with Gasteiger partial charge in [0.2, 0.25) is 0 Å². The van der Waals surface area contributed by atoms with Crippen LogP contribution in [-0.2, 0) is 0 Å². The summed E-state index contributed by atoms with van der Waals surface area (Å²) >= 11 is 0. The van der Waals surface area contributed by atoms with E-state index in [2.05, 4.69) is 30.8 Å². The van der Waals surface area contributed by atoms with Gasteiger partial charge in [0.25, 0.3) is 0 Å². The number of allylic oxidation sites excluding steroid dienone is 2. The highest BCUT2D eigenvalue weighted by Crippen LogP contribution is 2.07. The first kappa shape index (κ1) is 15.6. The van der Waals surface area contributed by atoms with Crippen LogP contribution < -0.4 is 5.73 Å². The third-order valence-electron chi connectivity index (χ3n) is 2.37. The van der Waals surface area contributed by atoms with Gasteiger partial charge in [0.1, 0.15) is 11.5 Å². The minimum Gasteiger partial charge on any atom is -0.382 e. The molecule has 0 fully saturated rings. The topological polar surface area (TPSA) is 50.7 Å². The molecule has 0 rings (SSSR count). The molecule has 0 bridgehead atoms. The Labute approximate surface area is 105 Å². The van der Waals surface area contributed by atoms with Crippen LogP contribution in [0.3, 0.4) is 0 Å². The van der Waals surface area contributed by atoms with Gasteiger partial charge in [0.15, 0.2) is 0 Å². The van der Waals surface area contributed by atoms with Crippen molar-refractivity contribution in [3.05, 3.63) is 23.5 Å². The first-order chi connectivity index (χ1) is 8.02. The standard InChI is InChI=1S/C14H25N3/c1-6-8-9-16-14(15)13(11(3)4)17-10-12(5)7-2/h8-10,12H,6-7H2,1-5H3,(H2,15,16)/b9-8+,17-10-. The van der Waals surface area contributed by atoms with E-state index in [0.29, 0.717) is 11.8 Å². The Bertz CT molecular complexity index is 331. The van der Waals surface area contributed by atoms with Crippen molar-refractivity contribution in [2.75, 3.05) is 0 Å². The molecule has 0 aromatic heterocycles. The minimum absolute atomic E-state index is 0.461. The van der Waals surface area contributed by atoms with E-state index in [1.54, 1.807) is 6.20 Å². The van der Waals surface area contributed by atoms with Crippen LogP contribution in [-0.4, -0.2) is 12.1 Å². The largest absolute Gasteiger partial charge is 0.382 e. The molecule has 0 radical (unpaired) electrons. The lowest BCUT2D eigenvalue weighted by Crippen LogP contribution is -2.15. The molecule has 0 aliphatic rings. The van der Waals surface area contributed by atoms with Crippen LogP contribution in [0.1, 0.15) is 47.5 Å². The van der Waals surface area contributed by atoms with Crippen LogP contribution in [0.5, 0.6) is 0 Å². The maximum atomic E-state index is 5.91. The van der Waals surface area contributed by atoms with Crippen molar-refractivity contribution < 1.29 is 0 Å². The van der Waals surface area contributed by atoms with E-state index < -0.39 is 0 Å². The Morgan fingerprint density at radius 2 is 1.94 bits per heavy atom. The SMILES string of the molecule is CC/C=C/N=C(\N)C(/N=C\C(C)CC)=C(C)C. The lowest BCUT2D eigenvalue weighted by Gasteiger charge is -2.05. The molecule has 0 aromatic rings. The highest BCUT2D eigenvalue weighted by Gasteiger charge is 2.02. The summed E-state index contributed by atoms with van der Waals surface area (Å²) < 4.78 is 0. The third-order valence-corrected chi connectivity index (χ3v) is 2.37. The zero-order valence-electron chi connectivity index (χ0n) is 11.7. The Kier molecular flexibility index (Phi) is 8.03. The second-order valence-electron chi connectivity index (χ2n) is 4.32. The lowest BCUT2D eigenvalue weighted by atomic mass is 10.1. The molecule has 1 unspecified atom stereocenters. The molecule has 0 heterocycles. The van der Waals surface area contributed by atoms with Gasteiger partial charge in [0, 0.05) is 12.4 Å². The van der Waals surface area contributed by atoms with Crippen molar-refractivity contribution in [2.24, 2.45) is 21.6 Å². The van der Waals surface area contributed by atoms with Crippen LogP contribution in [0.4, 0.5) is 0 Å². The van der Waals surface area contributed by atoms with E-state index in [0.717, 1.165) is 24.1 Å². The Morgan fingerprint density at radius 3 is 2.41 bits per heavy atom. The van der Waals surface area contributed by atoms with Gasteiger partial charge >= 0.3 is 0 Å². The van der Waals surface area contributed by atoms with Crippen molar-refractivity contribution in [1.29, 1.82) is 0 Å². The van der Waals surface area contributed by atoms with Crippen LogP contribution in [0.25, 0.3) is 0 Å². The minimum atomic E-state index is 0.461. The fourth-order valence-electron chi connectivity index (χ4n) is 1.06. The molecule has 3 heteroatoms. The number of nitrogens with two attached hydrogens (primary N) is 1. The smallest absolute Gasteiger partial charge is 0.149 e.